The Hall–Kier alpha value is -1.67. The van der Waals surface area contributed by atoms with Gasteiger partial charge in [0, 0.05) is 17.3 Å². The summed E-state index contributed by atoms with van der Waals surface area (Å²) in [6, 6.07) is 0.532. The maximum absolute atomic E-state index is 12.7. The largest absolute Gasteiger partial charge is 0.357 e. The standard InChI is InChI=1S/C16H20N4O2S2/c1-7-12(9(3)21)8(2)17-13(7)14(22)10(4)23-16-20-19-15(24-16)18-11-5-6-11/h10-11,17H,5-6H2,1-4H3,(H,18,19)/t10-/m0/s1. The van der Waals surface area contributed by atoms with E-state index in [-0.39, 0.29) is 16.8 Å². The Morgan fingerprint density at radius 2 is 2.04 bits per heavy atom. The first-order valence-corrected chi connectivity index (χ1v) is 9.57. The summed E-state index contributed by atoms with van der Waals surface area (Å²) >= 11 is 2.87. The van der Waals surface area contributed by atoms with E-state index in [1.54, 1.807) is 0 Å². The van der Waals surface area contributed by atoms with E-state index in [1.807, 2.05) is 20.8 Å². The van der Waals surface area contributed by atoms with Gasteiger partial charge in [0.05, 0.1) is 10.9 Å². The van der Waals surface area contributed by atoms with Gasteiger partial charge in [-0.15, -0.1) is 10.2 Å². The molecule has 2 heterocycles. The van der Waals surface area contributed by atoms with Gasteiger partial charge in [-0.05, 0) is 46.1 Å². The van der Waals surface area contributed by atoms with Crippen LogP contribution in [0.4, 0.5) is 5.13 Å². The number of carbonyl (C=O) groups excluding carboxylic acids is 2. The number of aromatic nitrogens is 3. The van der Waals surface area contributed by atoms with Gasteiger partial charge < -0.3 is 10.3 Å². The van der Waals surface area contributed by atoms with Crippen LogP contribution in [0.1, 0.15) is 58.8 Å². The van der Waals surface area contributed by atoms with Crippen molar-refractivity contribution in [1.29, 1.82) is 0 Å². The number of H-pyrrole nitrogens is 1. The molecule has 2 aromatic rings. The number of rotatable bonds is 7. The Labute approximate surface area is 148 Å². The van der Waals surface area contributed by atoms with Crippen molar-refractivity contribution in [1.82, 2.24) is 15.2 Å². The van der Waals surface area contributed by atoms with Gasteiger partial charge in [0.15, 0.2) is 15.9 Å². The Bertz CT molecular complexity index is 792. The van der Waals surface area contributed by atoms with E-state index in [0.717, 1.165) is 20.7 Å². The van der Waals surface area contributed by atoms with Crippen molar-refractivity contribution in [3.63, 3.8) is 0 Å². The lowest BCUT2D eigenvalue weighted by molar-refractivity contribution is 0.0988. The molecule has 0 saturated heterocycles. The highest BCUT2D eigenvalue weighted by Gasteiger charge is 2.26. The molecule has 0 radical (unpaired) electrons. The molecule has 0 spiro atoms. The van der Waals surface area contributed by atoms with Crippen LogP contribution < -0.4 is 5.32 Å². The second-order valence-electron chi connectivity index (χ2n) is 6.10. The number of hydrogen-bond acceptors (Lipinski definition) is 7. The number of Topliss-reactive ketones (excluding diaryl/α,β-unsaturated/α-hetero) is 2. The number of thioether (sulfide) groups is 1. The van der Waals surface area contributed by atoms with Crippen molar-refractivity contribution in [3.05, 3.63) is 22.5 Å². The maximum atomic E-state index is 12.7. The number of nitrogens with zero attached hydrogens (tertiary/aromatic N) is 2. The van der Waals surface area contributed by atoms with E-state index in [4.69, 9.17) is 0 Å². The molecule has 2 N–H and O–H groups in total. The lowest BCUT2D eigenvalue weighted by Gasteiger charge is -2.07. The molecule has 1 atom stereocenters. The number of anilines is 1. The van der Waals surface area contributed by atoms with Crippen molar-refractivity contribution < 1.29 is 9.59 Å². The van der Waals surface area contributed by atoms with Crippen LogP contribution in [0.2, 0.25) is 0 Å². The summed E-state index contributed by atoms with van der Waals surface area (Å²) in [6.07, 6.45) is 2.36. The van der Waals surface area contributed by atoms with E-state index in [9.17, 15) is 9.59 Å². The third-order valence-electron chi connectivity index (χ3n) is 3.99. The zero-order valence-corrected chi connectivity index (χ0v) is 15.7. The zero-order chi connectivity index (χ0) is 17.4. The molecular formula is C16H20N4O2S2. The number of aryl methyl sites for hydroxylation is 1. The zero-order valence-electron chi connectivity index (χ0n) is 14.1. The minimum absolute atomic E-state index is 0.0273. The van der Waals surface area contributed by atoms with Crippen LogP contribution >= 0.6 is 23.1 Å². The number of aromatic amines is 1. The van der Waals surface area contributed by atoms with E-state index in [1.165, 1.54) is 42.9 Å². The number of carbonyl (C=O) groups is 2. The molecule has 2 aromatic heterocycles. The molecule has 6 nitrogen and oxygen atoms in total. The lowest BCUT2D eigenvalue weighted by Crippen LogP contribution is -2.15. The summed E-state index contributed by atoms with van der Waals surface area (Å²) in [5.41, 5.74) is 2.60. The number of nitrogens with one attached hydrogen (secondary N) is 2. The molecule has 0 amide bonds. The van der Waals surface area contributed by atoms with Crippen LogP contribution in [-0.4, -0.2) is 38.0 Å². The second-order valence-corrected chi connectivity index (χ2v) is 8.66. The van der Waals surface area contributed by atoms with Crippen molar-refractivity contribution in [3.8, 4) is 0 Å². The molecule has 3 rings (SSSR count). The first kappa shape index (κ1) is 17.2. The molecule has 1 aliphatic rings. The minimum Gasteiger partial charge on any atom is -0.357 e. The first-order valence-electron chi connectivity index (χ1n) is 7.87. The van der Waals surface area contributed by atoms with Gasteiger partial charge in [0.1, 0.15) is 0 Å². The molecule has 128 valence electrons. The predicted octanol–water partition coefficient (Wildman–Crippen LogP) is 3.62. The third kappa shape index (κ3) is 3.54. The van der Waals surface area contributed by atoms with Crippen LogP contribution in [0.25, 0.3) is 0 Å². The van der Waals surface area contributed by atoms with Gasteiger partial charge in [-0.1, -0.05) is 23.1 Å². The fourth-order valence-corrected chi connectivity index (χ4v) is 4.68. The van der Waals surface area contributed by atoms with E-state index in [2.05, 4.69) is 20.5 Å². The summed E-state index contributed by atoms with van der Waals surface area (Å²) in [7, 11) is 0. The molecule has 1 aliphatic carbocycles. The molecule has 0 aliphatic heterocycles. The summed E-state index contributed by atoms with van der Waals surface area (Å²) in [6.45, 7) is 7.00. The number of hydrogen-bond donors (Lipinski definition) is 2. The van der Waals surface area contributed by atoms with E-state index < -0.39 is 0 Å². The van der Waals surface area contributed by atoms with E-state index >= 15 is 0 Å². The summed E-state index contributed by atoms with van der Waals surface area (Å²) in [5.74, 6) is -0.0551. The van der Waals surface area contributed by atoms with Crippen LogP contribution in [-0.2, 0) is 0 Å². The highest BCUT2D eigenvalue weighted by atomic mass is 32.2. The van der Waals surface area contributed by atoms with Gasteiger partial charge in [0.25, 0.3) is 0 Å². The fraction of sp³-hybridized carbons (Fsp3) is 0.500. The Balaban J connectivity index is 1.71. The molecule has 0 bridgehead atoms. The van der Waals surface area contributed by atoms with Gasteiger partial charge in [-0.3, -0.25) is 9.59 Å². The van der Waals surface area contributed by atoms with Crippen LogP contribution in [0, 0.1) is 13.8 Å². The average molecular weight is 364 g/mol. The highest BCUT2D eigenvalue weighted by molar-refractivity contribution is 8.02. The normalized spacial score (nSPS) is 15.3. The first-order chi connectivity index (χ1) is 11.4. The van der Waals surface area contributed by atoms with Crippen molar-refractivity contribution in [2.45, 2.75) is 56.2 Å². The van der Waals surface area contributed by atoms with Crippen molar-refractivity contribution >= 4 is 39.8 Å². The monoisotopic (exact) mass is 364 g/mol. The van der Waals surface area contributed by atoms with Crippen LogP contribution in [0.15, 0.2) is 4.34 Å². The Kier molecular flexibility index (Phi) is 4.78. The highest BCUT2D eigenvalue weighted by Crippen LogP contribution is 2.33. The molecule has 0 aromatic carbocycles. The minimum atomic E-state index is -0.303. The molecule has 0 unspecified atom stereocenters. The van der Waals surface area contributed by atoms with E-state index in [0.29, 0.717) is 17.3 Å². The van der Waals surface area contributed by atoms with Gasteiger partial charge in [-0.2, -0.15) is 0 Å². The second kappa shape index (κ2) is 6.68. The Morgan fingerprint density at radius 3 is 2.62 bits per heavy atom. The van der Waals surface area contributed by atoms with Gasteiger partial charge >= 0.3 is 0 Å². The Morgan fingerprint density at radius 1 is 1.33 bits per heavy atom. The third-order valence-corrected chi connectivity index (χ3v) is 6.03. The summed E-state index contributed by atoms with van der Waals surface area (Å²) in [4.78, 5) is 27.5. The topological polar surface area (TPSA) is 87.7 Å². The lowest BCUT2D eigenvalue weighted by atomic mass is 10.0. The van der Waals surface area contributed by atoms with Gasteiger partial charge in [0.2, 0.25) is 5.13 Å². The molecule has 1 saturated carbocycles. The molecule has 1 fully saturated rings. The van der Waals surface area contributed by atoms with Crippen LogP contribution in [0.5, 0.6) is 0 Å². The number of ketones is 2. The quantitative estimate of drug-likeness (QED) is 0.576. The van der Waals surface area contributed by atoms with Crippen LogP contribution in [0.3, 0.4) is 0 Å². The van der Waals surface area contributed by atoms with Crippen molar-refractivity contribution in [2.75, 3.05) is 5.32 Å². The summed E-state index contributed by atoms with van der Waals surface area (Å²) < 4.78 is 0.770. The molecule has 24 heavy (non-hydrogen) atoms. The maximum Gasteiger partial charge on any atom is 0.206 e. The smallest absolute Gasteiger partial charge is 0.206 e. The van der Waals surface area contributed by atoms with Crippen molar-refractivity contribution in [2.24, 2.45) is 0 Å². The fourth-order valence-electron chi connectivity index (χ4n) is 2.65. The summed E-state index contributed by atoms with van der Waals surface area (Å²) in [5, 5.41) is 12.1. The molecular weight excluding hydrogens is 344 g/mol. The average Bonchev–Trinajstić information content (AvgIpc) is 3.13. The van der Waals surface area contributed by atoms with Gasteiger partial charge in [-0.25, -0.2) is 0 Å². The predicted molar refractivity (Wildman–Crippen MR) is 96.5 cm³/mol. The molecule has 8 heteroatoms. The SMILES string of the molecule is CC(=O)c1c(C)[nH]c(C(=O)[C@H](C)Sc2nnc(NC3CC3)s2)c1C.